The monoisotopic (exact) mass is 523 g/mol. The first-order chi connectivity index (χ1) is 14.0. The molecule has 2 aromatic carbocycles. The zero-order chi connectivity index (χ0) is 21.1. The van der Waals surface area contributed by atoms with Crippen LogP contribution in [0.2, 0.25) is 0 Å². The highest BCUT2D eigenvalue weighted by Crippen LogP contribution is 2.07. The van der Waals surface area contributed by atoms with Gasteiger partial charge >= 0.3 is 0 Å². The Morgan fingerprint density at radius 1 is 0.933 bits per heavy atom. The third-order valence-corrected chi connectivity index (χ3v) is 4.45. The predicted octanol–water partition coefficient (Wildman–Crippen LogP) is 3.19. The lowest BCUT2D eigenvalue weighted by atomic mass is 10.1. The van der Waals surface area contributed by atoms with Gasteiger partial charge in [0.25, 0.3) is 5.91 Å². The molecule has 6 nitrogen and oxygen atoms in total. The first-order valence-electron chi connectivity index (χ1n) is 10.0. The van der Waals surface area contributed by atoms with Crippen molar-refractivity contribution in [3.63, 3.8) is 0 Å². The summed E-state index contributed by atoms with van der Waals surface area (Å²) in [4.78, 5) is 20.5. The summed E-state index contributed by atoms with van der Waals surface area (Å²) >= 11 is 0. The summed E-state index contributed by atoms with van der Waals surface area (Å²) in [6, 6.07) is 18.1. The summed E-state index contributed by atoms with van der Waals surface area (Å²) in [5.74, 6) is 0.809. The number of likely N-dealkylation sites (N-methyl/N-ethyl adjacent to an activating group) is 1. The third kappa shape index (κ3) is 9.13. The Morgan fingerprint density at radius 2 is 1.60 bits per heavy atom. The van der Waals surface area contributed by atoms with Crippen LogP contribution in [-0.2, 0) is 13.1 Å². The number of benzene rings is 2. The van der Waals surface area contributed by atoms with Crippen molar-refractivity contribution >= 4 is 35.8 Å². The number of guanidine groups is 1. The van der Waals surface area contributed by atoms with Crippen molar-refractivity contribution in [2.24, 2.45) is 4.99 Å². The quantitative estimate of drug-likeness (QED) is 0.301. The first-order valence-corrected chi connectivity index (χ1v) is 10.0. The van der Waals surface area contributed by atoms with E-state index in [0.717, 1.165) is 37.7 Å². The average Bonchev–Trinajstić information content (AvgIpc) is 2.72. The fourth-order valence-electron chi connectivity index (χ4n) is 2.86. The molecule has 30 heavy (non-hydrogen) atoms. The van der Waals surface area contributed by atoms with Crippen LogP contribution in [0.15, 0.2) is 59.6 Å². The molecule has 0 heterocycles. The summed E-state index contributed by atoms with van der Waals surface area (Å²) in [5.41, 5.74) is 3.07. The zero-order valence-corrected chi connectivity index (χ0v) is 20.7. The molecule has 0 atom stereocenters. The normalized spacial score (nSPS) is 11.0. The van der Waals surface area contributed by atoms with Crippen molar-refractivity contribution in [1.82, 2.24) is 20.4 Å². The van der Waals surface area contributed by atoms with Gasteiger partial charge in [0.2, 0.25) is 0 Å². The third-order valence-electron chi connectivity index (χ3n) is 4.45. The number of rotatable bonds is 9. The topological polar surface area (TPSA) is 60.0 Å². The van der Waals surface area contributed by atoms with Crippen LogP contribution in [0.1, 0.15) is 28.4 Å². The summed E-state index contributed by atoms with van der Waals surface area (Å²) in [6.45, 7) is 6.08. The Balaban J connectivity index is 0.00000450. The standard InChI is InChI=1S/C23H33N5O.HI/c1-5-24-23(25-15-16-28(4)18-20-9-7-6-8-10-20)26-17-19-11-13-21(14-12-19)22(29)27(2)3;/h6-14H,5,15-18H2,1-4H3,(H2,24,25,26);1H. The molecule has 2 rings (SSSR count). The number of carbonyl (C=O) groups excluding carboxylic acids is 1. The molecule has 1 amide bonds. The van der Waals surface area contributed by atoms with Crippen molar-refractivity contribution in [1.29, 1.82) is 0 Å². The molecule has 0 saturated heterocycles. The van der Waals surface area contributed by atoms with E-state index in [9.17, 15) is 4.79 Å². The molecule has 0 aliphatic heterocycles. The van der Waals surface area contributed by atoms with Gasteiger partial charge in [0.1, 0.15) is 0 Å². The van der Waals surface area contributed by atoms with Gasteiger partial charge < -0.3 is 20.4 Å². The second kappa shape index (κ2) is 14.0. The molecule has 0 aromatic heterocycles. The van der Waals surface area contributed by atoms with E-state index in [1.54, 1.807) is 19.0 Å². The van der Waals surface area contributed by atoms with Gasteiger partial charge in [0, 0.05) is 45.8 Å². The molecule has 0 unspecified atom stereocenters. The van der Waals surface area contributed by atoms with Crippen molar-refractivity contribution in [3.8, 4) is 0 Å². The number of hydrogen-bond acceptors (Lipinski definition) is 3. The van der Waals surface area contributed by atoms with Crippen molar-refractivity contribution in [2.45, 2.75) is 20.0 Å². The Morgan fingerprint density at radius 3 is 2.20 bits per heavy atom. The Labute approximate surface area is 197 Å². The molecule has 0 spiro atoms. The molecule has 2 N–H and O–H groups in total. The summed E-state index contributed by atoms with van der Waals surface area (Å²) < 4.78 is 0. The molecule has 0 bridgehead atoms. The van der Waals surface area contributed by atoms with Gasteiger partial charge in [-0.3, -0.25) is 4.79 Å². The van der Waals surface area contributed by atoms with Crippen LogP contribution in [0.3, 0.4) is 0 Å². The molecule has 0 aliphatic carbocycles. The molecule has 7 heteroatoms. The van der Waals surface area contributed by atoms with E-state index in [1.165, 1.54) is 5.56 Å². The average molecular weight is 523 g/mol. The van der Waals surface area contributed by atoms with Gasteiger partial charge in [-0.15, -0.1) is 24.0 Å². The van der Waals surface area contributed by atoms with Crippen LogP contribution in [0.4, 0.5) is 0 Å². The van der Waals surface area contributed by atoms with Crippen molar-refractivity contribution in [2.75, 3.05) is 40.8 Å². The second-order valence-corrected chi connectivity index (χ2v) is 7.24. The van der Waals surface area contributed by atoms with Crippen LogP contribution >= 0.6 is 24.0 Å². The molecule has 0 fully saturated rings. The zero-order valence-electron chi connectivity index (χ0n) is 18.4. The molecule has 2 aromatic rings. The fourth-order valence-corrected chi connectivity index (χ4v) is 2.86. The van der Waals surface area contributed by atoms with Crippen LogP contribution in [0.25, 0.3) is 0 Å². The maximum Gasteiger partial charge on any atom is 0.253 e. The van der Waals surface area contributed by atoms with Crippen LogP contribution in [0, 0.1) is 0 Å². The van der Waals surface area contributed by atoms with E-state index in [4.69, 9.17) is 0 Å². The minimum absolute atomic E-state index is 0. The van der Waals surface area contributed by atoms with Crippen LogP contribution in [-0.4, -0.2) is 62.4 Å². The molecular formula is C23H34IN5O. The number of hydrogen-bond donors (Lipinski definition) is 2. The minimum atomic E-state index is 0. The Hall–Kier alpha value is -2.13. The number of halogens is 1. The van der Waals surface area contributed by atoms with E-state index >= 15 is 0 Å². The van der Waals surface area contributed by atoms with E-state index in [0.29, 0.717) is 12.1 Å². The van der Waals surface area contributed by atoms with Gasteiger partial charge in [0.15, 0.2) is 5.96 Å². The Kier molecular flexibility index (Phi) is 12.1. The SMILES string of the molecule is CCNC(=NCc1ccc(C(=O)N(C)C)cc1)NCCN(C)Cc1ccccc1.I. The highest BCUT2D eigenvalue weighted by atomic mass is 127. The molecule has 0 radical (unpaired) electrons. The van der Waals surface area contributed by atoms with Gasteiger partial charge in [-0.05, 0) is 37.2 Å². The van der Waals surface area contributed by atoms with Crippen molar-refractivity contribution < 1.29 is 4.79 Å². The largest absolute Gasteiger partial charge is 0.357 e. The van der Waals surface area contributed by atoms with Crippen molar-refractivity contribution in [3.05, 3.63) is 71.3 Å². The van der Waals surface area contributed by atoms with Crippen LogP contribution < -0.4 is 10.6 Å². The lowest BCUT2D eigenvalue weighted by molar-refractivity contribution is 0.0827. The molecule has 0 aliphatic rings. The van der Waals surface area contributed by atoms with E-state index in [2.05, 4.69) is 58.8 Å². The van der Waals surface area contributed by atoms with Gasteiger partial charge in [-0.25, -0.2) is 4.99 Å². The number of carbonyl (C=O) groups is 1. The Bertz CT molecular complexity index is 778. The van der Waals surface area contributed by atoms with E-state index in [-0.39, 0.29) is 29.9 Å². The minimum Gasteiger partial charge on any atom is -0.357 e. The molecule has 164 valence electrons. The van der Waals surface area contributed by atoms with Crippen LogP contribution in [0.5, 0.6) is 0 Å². The molecule has 0 saturated carbocycles. The maximum absolute atomic E-state index is 12.0. The first kappa shape index (κ1) is 25.9. The van der Waals surface area contributed by atoms with Gasteiger partial charge in [0.05, 0.1) is 6.54 Å². The fraction of sp³-hybridized carbons (Fsp3) is 0.391. The van der Waals surface area contributed by atoms with Gasteiger partial charge in [-0.1, -0.05) is 42.5 Å². The lowest BCUT2D eigenvalue weighted by Gasteiger charge is -2.18. The second-order valence-electron chi connectivity index (χ2n) is 7.24. The lowest BCUT2D eigenvalue weighted by Crippen LogP contribution is -2.40. The number of amides is 1. The number of aliphatic imine (C=N–C) groups is 1. The summed E-state index contributed by atoms with van der Waals surface area (Å²) in [6.07, 6.45) is 0. The van der Waals surface area contributed by atoms with Gasteiger partial charge in [-0.2, -0.15) is 0 Å². The molecular weight excluding hydrogens is 489 g/mol. The van der Waals surface area contributed by atoms with E-state index < -0.39 is 0 Å². The summed E-state index contributed by atoms with van der Waals surface area (Å²) in [5, 5.41) is 6.67. The highest BCUT2D eigenvalue weighted by Gasteiger charge is 2.07. The maximum atomic E-state index is 12.0. The highest BCUT2D eigenvalue weighted by molar-refractivity contribution is 14.0. The summed E-state index contributed by atoms with van der Waals surface area (Å²) in [7, 11) is 5.63. The van der Waals surface area contributed by atoms with E-state index in [1.807, 2.05) is 30.3 Å². The number of nitrogens with zero attached hydrogens (tertiary/aromatic N) is 3. The predicted molar refractivity (Wildman–Crippen MR) is 135 cm³/mol. The smallest absolute Gasteiger partial charge is 0.253 e. The number of nitrogens with one attached hydrogen (secondary N) is 2.